The lowest BCUT2D eigenvalue weighted by Crippen LogP contribution is -2.23. The number of hydrogen-bond acceptors (Lipinski definition) is 6. The standard InChI is InChI=1S/C17H21F3N6O2S/c1-5-24-29(27,28)11-6-7-13(22-9-11)26-15(23-10-16(2,3)4)12(8-21)14(25-26)17(18,19)20/h6-7,9,23-24H,5,10H2,1-4H3. The van der Waals surface area contributed by atoms with Crippen LogP contribution in [0.15, 0.2) is 23.2 Å². The van der Waals surface area contributed by atoms with Crippen LogP contribution in [-0.2, 0) is 16.2 Å². The zero-order valence-electron chi connectivity index (χ0n) is 16.3. The molecule has 0 radical (unpaired) electrons. The summed E-state index contributed by atoms with van der Waals surface area (Å²) in [6.45, 7) is 7.66. The fourth-order valence-electron chi connectivity index (χ4n) is 2.33. The summed E-state index contributed by atoms with van der Waals surface area (Å²) in [5.41, 5.74) is -2.30. The van der Waals surface area contributed by atoms with Crippen molar-refractivity contribution in [1.29, 1.82) is 5.26 Å². The number of nitrogens with one attached hydrogen (secondary N) is 2. The quantitative estimate of drug-likeness (QED) is 0.729. The number of sulfonamides is 1. The number of hydrogen-bond donors (Lipinski definition) is 2. The van der Waals surface area contributed by atoms with Crippen molar-refractivity contribution in [3.63, 3.8) is 0 Å². The van der Waals surface area contributed by atoms with E-state index in [1.807, 2.05) is 20.8 Å². The lowest BCUT2D eigenvalue weighted by atomic mass is 9.97. The summed E-state index contributed by atoms with van der Waals surface area (Å²) in [7, 11) is -3.77. The zero-order chi connectivity index (χ0) is 22.0. The molecule has 0 spiro atoms. The van der Waals surface area contributed by atoms with Crippen LogP contribution in [0.3, 0.4) is 0 Å². The van der Waals surface area contributed by atoms with Crippen molar-refractivity contribution in [2.45, 2.75) is 38.8 Å². The van der Waals surface area contributed by atoms with Crippen molar-refractivity contribution in [3.05, 3.63) is 29.6 Å². The summed E-state index contributed by atoms with van der Waals surface area (Å²) in [6.07, 6.45) is -3.83. The summed E-state index contributed by atoms with van der Waals surface area (Å²) in [4.78, 5) is 3.80. The molecule has 0 aliphatic carbocycles. The van der Waals surface area contributed by atoms with Gasteiger partial charge in [0.1, 0.15) is 22.3 Å². The van der Waals surface area contributed by atoms with Crippen LogP contribution in [0.5, 0.6) is 0 Å². The molecule has 158 valence electrons. The molecule has 0 saturated carbocycles. The molecule has 0 amide bonds. The first kappa shape index (κ1) is 22.6. The van der Waals surface area contributed by atoms with Crippen molar-refractivity contribution < 1.29 is 21.6 Å². The van der Waals surface area contributed by atoms with Gasteiger partial charge in [-0.25, -0.2) is 18.1 Å². The van der Waals surface area contributed by atoms with Crippen LogP contribution >= 0.6 is 0 Å². The van der Waals surface area contributed by atoms with Crippen LogP contribution < -0.4 is 10.0 Å². The van der Waals surface area contributed by atoms with Gasteiger partial charge in [0, 0.05) is 19.3 Å². The number of nitrogens with zero attached hydrogens (tertiary/aromatic N) is 4. The van der Waals surface area contributed by atoms with Gasteiger partial charge in [-0.1, -0.05) is 27.7 Å². The van der Waals surface area contributed by atoms with E-state index in [4.69, 9.17) is 0 Å². The topological polar surface area (TPSA) is 113 Å². The Morgan fingerprint density at radius 3 is 2.34 bits per heavy atom. The SMILES string of the molecule is CCNS(=O)(=O)c1ccc(-n2nc(C(F)(F)F)c(C#N)c2NCC(C)(C)C)nc1. The fraction of sp³-hybridized carbons (Fsp3) is 0.471. The molecule has 0 unspecified atom stereocenters. The number of rotatable bonds is 6. The normalized spacial score (nSPS) is 12.6. The van der Waals surface area contributed by atoms with Crippen LogP contribution in [0.2, 0.25) is 0 Å². The van der Waals surface area contributed by atoms with Gasteiger partial charge >= 0.3 is 6.18 Å². The molecule has 0 aromatic carbocycles. The Hall–Kier alpha value is -2.65. The Labute approximate surface area is 166 Å². The van der Waals surface area contributed by atoms with Gasteiger partial charge in [0.05, 0.1) is 0 Å². The van der Waals surface area contributed by atoms with Crippen molar-refractivity contribution in [2.75, 3.05) is 18.4 Å². The smallest absolute Gasteiger partial charge is 0.368 e. The minimum absolute atomic E-state index is 0.0659. The molecular formula is C17H21F3N6O2S. The number of pyridine rings is 1. The molecule has 0 saturated heterocycles. The third kappa shape index (κ3) is 5.24. The van der Waals surface area contributed by atoms with E-state index < -0.39 is 27.5 Å². The largest absolute Gasteiger partial charge is 0.436 e. The molecular weight excluding hydrogens is 409 g/mol. The first-order chi connectivity index (χ1) is 13.3. The summed E-state index contributed by atoms with van der Waals surface area (Å²) in [5, 5.41) is 15.7. The number of anilines is 1. The van der Waals surface area contributed by atoms with Crippen molar-refractivity contribution in [2.24, 2.45) is 5.41 Å². The second-order valence-electron chi connectivity index (χ2n) is 7.36. The zero-order valence-corrected chi connectivity index (χ0v) is 17.1. The Balaban J connectivity index is 2.59. The number of aromatic nitrogens is 3. The Bertz CT molecular complexity index is 1020. The van der Waals surface area contributed by atoms with Crippen molar-refractivity contribution in [3.8, 4) is 11.9 Å². The van der Waals surface area contributed by atoms with Crippen LogP contribution in [0.25, 0.3) is 5.82 Å². The van der Waals surface area contributed by atoms with E-state index in [9.17, 15) is 26.9 Å². The molecule has 0 fully saturated rings. The second-order valence-corrected chi connectivity index (χ2v) is 9.13. The average Bonchev–Trinajstić information content (AvgIpc) is 2.98. The Morgan fingerprint density at radius 1 is 1.24 bits per heavy atom. The van der Waals surface area contributed by atoms with Gasteiger partial charge in [-0.2, -0.15) is 28.2 Å². The van der Waals surface area contributed by atoms with Crippen molar-refractivity contribution >= 4 is 15.8 Å². The maximum atomic E-state index is 13.4. The maximum absolute atomic E-state index is 13.4. The molecule has 0 atom stereocenters. The van der Waals surface area contributed by atoms with Gasteiger partial charge in [-0.3, -0.25) is 0 Å². The Kier molecular flexibility index (Phi) is 6.24. The summed E-state index contributed by atoms with van der Waals surface area (Å²) < 4.78 is 67.3. The summed E-state index contributed by atoms with van der Waals surface area (Å²) in [6, 6.07) is 3.98. The molecule has 29 heavy (non-hydrogen) atoms. The molecule has 8 nitrogen and oxygen atoms in total. The third-order valence-corrected chi connectivity index (χ3v) is 5.17. The predicted octanol–water partition coefficient (Wildman–Crippen LogP) is 2.91. The maximum Gasteiger partial charge on any atom is 0.436 e. The lowest BCUT2D eigenvalue weighted by Gasteiger charge is -2.20. The Morgan fingerprint density at radius 2 is 1.90 bits per heavy atom. The van der Waals surface area contributed by atoms with Crippen LogP contribution in [0, 0.1) is 16.7 Å². The van der Waals surface area contributed by atoms with Crippen LogP contribution in [-0.4, -0.2) is 36.3 Å². The van der Waals surface area contributed by atoms with Gasteiger partial charge in [-0.15, -0.1) is 0 Å². The van der Waals surface area contributed by atoms with Gasteiger partial charge in [0.2, 0.25) is 10.0 Å². The van der Waals surface area contributed by atoms with Crippen LogP contribution in [0.1, 0.15) is 39.0 Å². The predicted molar refractivity (Wildman–Crippen MR) is 99.9 cm³/mol. The molecule has 2 rings (SSSR count). The summed E-state index contributed by atoms with van der Waals surface area (Å²) >= 11 is 0. The third-order valence-electron chi connectivity index (χ3n) is 3.63. The van der Waals surface area contributed by atoms with Gasteiger partial charge < -0.3 is 5.32 Å². The number of halogens is 3. The van der Waals surface area contributed by atoms with Gasteiger partial charge in [-0.05, 0) is 17.5 Å². The number of alkyl halides is 3. The van der Waals surface area contributed by atoms with E-state index in [-0.39, 0.29) is 35.0 Å². The van der Waals surface area contributed by atoms with Crippen LogP contribution in [0.4, 0.5) is 19.0 Å². The van der Waals surface area contributed by atoms with Gasteiger partial charge in [0.25, 0.3) is 0 Å². The molecule has 2 aromatic heterocycles. The fourth-order valence-corrected chi connectivity index (χ4v) is 3.32. The first-order valence-electron chi connectivity index (χ1n) is 8.60. The lowest BCUT2D eigenvalue weighted by molar-refractivity contribution is -0.141. The van der Waals surface area contributed by atoms with E-state index in [2.05, 4.69) is 20.1 Å². The van der Waals surface area contributed by atoms with E-state index in [1.165, 1.54) is 12.1 Å². The highest BCUT2D eigenvalue weighted by Gasteiger charge is 2.40. The van der Waals surface area contributed by atoms with E-state index in [0.29, 0.717) is 0 Å². The van der Waals surface area contributed by atoms with E-state index in [1.54, 1.807) is 13.0 Å². The highest BCUT2D eigenvalue weighted by atomic mass is 32.2. The highest BCUT2D eigenvalue weighted by Crippen LogP contribution is 2.35. The monoisotopic (exact) mass is 430 g/mol. The molecule has 0 aliphatic rings. The second kappa shape index (κ2) is 8.00. The molecule has 2 aromatic rings. The van der Waals surface area contributed by atoms with Crippen molar-refractivity contribution in [1.82, 2.24) is 19.5 Å². The number of nitriles is 1. The van der Waals surface area contributed by atoms with E-state index in [0.717, 1.165) is 10.9 Å². The first-order valence-corrected chi connectivity index (χ1v) is 10.1. The molecule has 0 aliphatic heterocycles. The molecule has 12 heteroatoms. The molecule has 2 N–H and O–H groups in total. The van der Waals surface area contributed by atoms with E-state index >= 15 is 0 Å². The average molecular weight is 430 g/mol. The minimum atomic E-state index is -4.84. The summed E-state index contributed by atoms with van der Waals surface area (Å²) in [5.74, 6) is -0.228. The molecule has 2 heterocycles. The van der Waals surface area contributed by atoms with Gasteiger partial charge in [0.15, 0.2) is 11.5 Å². The highest BCUT2D eigenvalue weighted by molar-refractivity contribution is 7.89. The molecule has 0 bridgehead atoms. The minimum Gasteiger partial charge on any atom is -0.368 e.